The number of nitrogens with one attached hydrogen (secondary N) is 1. The molecule has 0 saturated heterocycles. The highest BCUT2D eigenvalue weighted by molar-refractivity contribution is 6.05. The maximum atomic E-state index is 13.2. The minimum atomic E-state index is -0.501. The van der Waals surface area contributed by atoms with Gasteiger partial charge in [0.1, 0.15) is 48.4 Å². The molecule has 4 aromatic heterocycles. The van der Waals surface area contributed by atoms with Crippen LogP contribution in [0.4, 0.5) is 0 Å². The first kappa shape index (κ1) is 42.7. The molecule has 0 spiro atoms. The van der Waals surface area contributed by atoms with Crippen molar-refractivity contribution in [1.82, 2.24) is 29.2 Å². The maximum Gasteiger partial charge on any atom is 0.306 e. The SMILES string of the molecule is CCOC(=O)CCC(=O)c1c(=O)cc(OCc2ccccc2)n2[nH]cnc12.CCOC(=O)CCC(=O)c1c(OCc2ccccc2)cc(C#Cc2ccccc2)n2ncnc12. The molecule has 0 aliphatic heterocycles. The first-order valence-corrected chi connectivity index (χ1v) is 19.5. The maximum absolute atomic E-state index is 13.2. The Hall–Kier alpha value is -7.86. The molecule has 310 valence electrons. The lowest BCUT2D eigenvalue weighted by molar-refractivity contribution is -0.143. The largest absolute Gasteiger partial charge is 0.488 e. The Morgan fingerprint density at radius 1 is 0.656 bits per heavy atom. The summed E-state index contributed by atoms with van der Waals surface area (Å²) in [5, 5.41) is 7.09. The van der Waals surface area contributed by atoms with Gasteiger partial charge in [-0.25, -0.2) is 19.0 Å². The number of pyridine rings is 2. The van der Waals surface area contributed by atoms with Crippen molar-refractivity contribution < 1.29 is 38.1 Å². The fraction of sp³-hybridized carbons (Fsp3) is 0.217. The lowest BCUT2D eigenvalue weighted by Gasteiger charge is -2.13. The van der Waals surface area contributed by atoms with Crippen molar-refractivity contribution in [1.29, 1.82) is 0 Å². The Morgan fingerprint density at radius 3 is 1.84 bits per heavy atom. The Bertz CT molecular complexity index is 2730. The van der Waals surface area contributed by atoms with Crippen molar-refractivity contribution in [2.45, 2.75) is 52.7 Å². The molecule has 0 bridgehead atoms. The predicted molar refractivity (Wildman–Crippen MR) is 223 cm³/mol. The van der Waals surface area contributed by atoms with Gasteiger partial charge in [-0.15, -0.1) is 0 Å². The third-order valence-corrected chi connectivity index (χ3v) is 8.90. The average Bonchev–Trinajstić information content (AvgIpc) is 3.98. The third-order valence-electron chi connectivity index (χ3n) is 8.90. The predicted octanol–water partition coefficient (Wildman–Crippen LogP) is 6.36. The zero-order chi connectivity index (χ0) is 43.0. The molecule has 1 N–H and O–H groups in total. The van der Waals surface area contributed by atoms with Gasteiger partial charge in [0.05, 0.1) is 26.1 Å². The second-order valence-electron chi connectivity index (χ2n) is 13.2. The Morgan fingerprint density at radius 2 is 1.23 bits per heavy atom. The molecule has 0 unspecified atom stereocenters. The van der Waals surface area contributed by atoms with Crippen molar-refractivity contribution in [3.8, 4) is 23.5 Å². The van der Waals surface area contributed by atoms with E-state index in [1.807, 2.05) is 91.0 Å². The quantitative estimate of drug-likeness (QED) is 0.0647. The Kier molecular flexibility index (Phi) is 14.9. The number of esters is 2. The standard InChI is InChI=1S/C27H23N3O4.C19H19N3O5/c1-2-33-25(32)16-15-23(31)26-24(34-18-21-11-7-4-8-12-21)17-22(30-27(26)28-19-29-30)14-13-20-9-5-3-6-10-20;1-2-26-17(25)9-8-14(23)18-15(24)10-16(22-19(18)20-12-21-22)27-11-13-6-4-3-5-7-13/h3-12,17,19H,2,15-16,18H2,1H3;3-7,10,12H,2,8-9,11H2,1H3,(H,20,21). The smallest absolute Gasteiger partial charge is 0.306 e. The van der Waals surface area contributed by atoms with E-state index in [1.54, 1.807) is 19.9 Å². The molecule has 7 rings (SSSR count). The summed E-state index contributed by atoms with van der Waals surface area (Å²) in [4.78, 5) is 69.8. The number of carbonyl (C=O) groups excluding carboxylic acids is 4. The number of Topliss-reactive ketones (excluding diaryl/α,β-unsaturated/α-hetero) is 2. The van der Waals surface area contributed by atoms with Gasteiger partial charge in [-0.3, -0.25) is 29.1 Å². The number of rotatable bonds is 16. The lowest BCUT2D eigenvalue weighted by Crippen LogP contribution is -2.19. The zero-order valence-electron chi connectivity index (χ0n) is 33.5. The van der Waals surface area contributed by atoms with E-state index >= 15 is 0 Å². The van der Waals surface area contributed by atoms with Gasteiger partial charge in [-0.1, -0.05) is 84.8 Å². The summed E-state index contributed by atoms with van der Waals surface area (Å²) in [5.74, 6) is 5.15. The van der Waals surface area contributed by atoms with Gasteiger partial charge in [-0.05, 0) is 43.0 Å². The van der Waals surface area contributed by atoms with Crippen molar-refractivity contribution in [3.63, 3.8) is 0 Å². The summed E-state index contributed by atoms with van der Waals surface area (Å²) < 4.78 is 24.5. The number of benzene rings is 3. The molecular weight excluding hydrogens is 781 g/mol. The summed E-state index contributed by atoms with van der Waals surface area (Å²) in [7, 11) is 0. The van der Waals surface area contributed by atoms with Gasteiger partial charge in [0.25, 0.3) is 0 Å². The highest BCUT2D eigenvalue weighted by atomic mass is 16.5. The number of aromatic amines is 1. The highest BCUT2D eigenvalue weighted by Gasteiger charge is 2.23. The number of H-pyrrole nitrogens is 1. The molecule has 0 amide bonds. The van der Waals surface area contributed by atoms with Crippen molar-refractivity contribution in [2.75, 3.05) is 13.2 Å². The Balaban J connectivity index is 0.000000210. The molecule has 0 aliphatic rings. The molecule has 0 atom stereocenters. The summed E-state index contributed by atoms with van der Waals surface area (Å²) >= 11 is 0. The molecular formula is C46H42N6O9. The van der Waals surface area contributed by atoms with Gasteiger partial charge >= 0.3 is 11.9 Å². The number of fused-ring (bicyclic) bond motifs is 2. The van der Waals surface area contributed by atoms with Crippen LogP contribution in [0.15, 0.2) is 121 Å². The molecule has 15 nitrogen and oxygen atoms in total. The van der Waals surface area contributed by atoms with Crippen LogP contribution in [0, 0.1) is 11.8 Å². The summed E-state index contributed by atoms with van der Waals surface area (Å²) in [5.41, 5.74) is 3.45. The molecule has 4 heterocycles. The summed E-state index contributed by atoms with van der Waals surface area (Å²) in [6.45, 7) is 4.44. The van der Waals surface area contributed by atoms with Crippen molar-refractivity contribution in [3.05, 3.63) is 160 Å². The van der Waals surface area contributed by atoms with E-state index in [-0.39, 0.29) is 80.5 Å². The number of nitrogens with zero attached hydrogens (tertiary/aromatic N) is 5. The molecule has 0 aliphatic carbocycles. The van der Waals surface area contributed by atoms with Crippen LogP contribution in [0.1, 0.15) is 82.6 Å². The molecule has 7 aromatic rings. The van der Waals surface area contributed by atoms with Crippen molar-refractivity contribution >= 4 is 34.8 Å². The van der Waals surface area contributed by atoms with E-state index in [2.05, 4.69) is 32.0 Å². The highest BCUT2D eigenvalue weighted by Crippen LogP contribution is 2.27. The van der Waals surface area contributed by atoms with E-state index in [9.17, 15) is 24.0 Å². The van der Waals surface area contributed by atoms with Crippen LogP contribution >= 0.6 is 0 Å². The van der Waals surface area contributed by atoms with Crippen molar-refractivity contribution in [2.24, 2.45) is 0 Å². The van der Waals surface area contributed by atoms with E-state index in [4.69, 9.17) is 18.9 Å². The van der Waals surface area contributed by atoms with E-state index in [1.165, 1.54) is 27.8 Å². The molecule has 0 fully saturated rings. The number of ketones is 2. The normalized spacial score (nSPS) is 10.5. The Labute approximate surface area is 350 Å². The van der Waals surface area contributed by atoms with Gasteiger partial charge < -0.3 is 18.9 Å². The summed E-state index contributed by atoms with van der Waals surface area (Å²) in [6.07, 6.45) is 2.47. The monoisotopic (exact) mass is 822 g/mol. The topological polar surface area (TPSA) is 186 Å². The van der Waals surface area contributed by atoms with E-state index < -0.39 is 23.2 Å². The second-order valence-corrected chi connectivity index (χ2v) is 13.2. The fourth-order valence-electron chi connectivity index (χ4n) is 6.03. The number of hydrogen-bond donors (Lipinski definition) is 1. The molecule has 0 radical (unpaired) electrons. The van der Waals surface area contributed by atoms with Gasteiger partial charge in [-0.2, -0.15) is 5.10 Å². The van der Waals surface area contributed by atoms with Gasteiger partial charge in [0.2, 0.25) is 5.88 Å². The molecule has 3 aromatic carbocycles. The average molecular weight is 823 g/mol. The first-order valence-electron chi connectivity index (χ1n) is 19.5. The third kappa shape index (κ3) is 11.4. The van der Waals surface area contributed by atoms with Crippen LogP contribution in [-0.2, 0) is 32.3 Å². The van der Waals surface area contributed by atoms with Crippen LogP contribution in [0.3, 0.4) is 0 Å². The second kappa shape index (κ2) is 21.2. The molecule has 15 heteroatoms. The van der Waals surface area contributed by atoms with Crippen LogP contribution < -0.4 is 14.9 Å². The summed E-state index contributed by atoms with van der Waals surface area (Å²) in [6, 6.07) is 31.6. The molecule has 0 saturated carbocycles. The number of hydrogen-bond acceptors (Lipinski definition) is 12. The van der Waals surface area contributed by atoms with E-state index in [0.717, 1.165) is 16.7 Å². The lowest BCUT2D eigenvalue weighted by atomic mass is 10.1. The number of aromatic nitrogens is 6. The number of carbonyl (C=O) groups is 4. The minimum absolute atomic E-state index is 0.0271. The van der Waals surface area contributed by atoms with Crippen LogP contribution in [-0.4, -0.2) is 65.9 Å². The van der Waals surface area contributed by atoms with Crippen LogP contribution in [0.2, 0.25) is 0 Å². The molecule has 61 heavy (non-hydrogen) atoms. The van der Waals surface area contributed by atoms with Gasteiger partial charge in [0, 0.05) is 30.5 Å². The van der Waals surface area contributed by atoms with Crippen LogP contribution in [0.25, 0.3) is 11.3 Å². The number of ether oxygens (including phenoxy) is 4. The minimum Gasteiger partial charge on any atom is -0.488 e. The van der Waals surface area contributed by atoms with Gasteiger partial charge in [0.15, 0.2) is 28.3 Å². The first-order chi connectivity index (χ1) is 29.7. The van der Waals surface area contributed by atoms with Crippen LogP contribution in [0.5, 0.6) is 11.6 Å². The zero-order valence-corrected chi connectivity index (χ0v) is 33.5. The van der Waals surface area contributed by atoms with E-state index in [0.29, 0.717) is 17.1 Å². The fourth-order valence-corrected chi connectivity index (χ4v) is 6.03.